The van der Waals surface area contributed by atoms with Gasteiger partial charge in [-0.15, -0.1) is 0 Å². The summed E-state index contributed by atoms with van der Waals surface area (Å²) in [5.41, 5.74) is 2.79. The zero-order chi connectivity index (χ0) is 23.7. The Kier molecular flexibility index (Phi) is 6.13. The van der Waals surface area contributed by atoms with Crippen molar-refractivity contribution in [3.8, 4) is 11.4 Å². The van der Waals surface area contributed by atoms with Gasteiger partial charge in [-0.3, -0.25) is 9.59 Å². The smallest absolute Gasteiger partial charge is 0.231 e. The van der Waals surface area contributed by atoms with E-state index in [0.29, 0.717) is 43.5 Å². The van der Waals surface area contributed by atoms with Gasteiger partial charge in [0.25, 0.3) is 0 Å². The van der Waals surface area contributed by atoms with Crippen LogP contribution in [-0.2, 0) is 16.1 Å². The van der Waals surface area contributed by atoms with E-state index >= 15 is 0 Å². The Morgan fingerprint density at radius 3 is 2.79 bits per heavy atom. The fourth-order valence-electron chi connectivity index (χ4n) is 4.79. The van der Waals surface area contributed by atoms with E-state index in [0.717, 1.165) is 18.4 Å². The van der Waals surface area contributed by atoms with Crippen molar-refractivity contribution in [1.29, 1.82) is 0 Å². The Bertz CT molecular complexity index is 1190. The van der Waals surface area contributed by atoms with Crippen molar-refractivity contribution in [3.05, 3.63) is 71.4 Å². The van der Waals surface area contributed by atoms with Gasteiger partial charge < -0.3 is 14.3 Å². The molecule has 2 aliphatic rings. The van der Waals surface area contributed by atoms with Crippen molar-refractivity contribution in [2.75, 3.05) is 19.6 Å². The number of benzene rings is 2. The van der Waals surface area contributed by atoms with Gasteiger partial charge in [0.15, 0.2) is 0 Å². The predicted octanol–water partition coefficient (Wildman–Crippen LogP) is 3.94. The van der Waals surface area contributed by atoms with Crippen molar-refractivity contribution >= 4 is 11.8 Å². The number of amides is 2. The minimum Gasteiger partial charge on any atom is -0.342 e. The molecule has 2 aliphatic heterocycles. The second kappa shape index (κ2) is 9.37. The molecule has 2 atom stereocenters. The molecule has 5 rings (SSSR count). The monoisotopic (exact) mass is 462 g/mol. The summed E-state index contributed by atoms with van der Waals surface area (Å²) in [6.45, 7) is 4.13. The number of nitrogens with zero attached hydrogens (tertiary/aromatic N) is 4. The van der Waals surface area contributed by atoms with Crippen LogP contribution in [-0.4, -0.2) is 51.4 Å². The molecule has 2 amide bonds. The zero-order valence-corrected chi connectivity index (χ0v) is 19.1. The number of likely N-dealkylation sites (tertiary alicyclic amines) is 2. The maximum atomic E-state index is 13.5. The van der Waals surface area contributed by atoms with Gasteiger partial charge in [0.1, 0.15) is 5.82 Å². The molecule has 0 saturated carbocycles. The molecule has 34 heavy (non-hydrogen) atoms. The van der Waals surface area contributed by atoms with Gasteiger partial charge in [-0.1, -0.05) is 47.1 Å². The summed E-state index contributed by atoms with van der Waals surface area (Å²) in [6.07, 6.45) is 1.90. The van der Waals surface area contributed by atoms with Crippen molar-refractivity contribution in [1.82, 2.24) is 19.9 Å². The van der Waals surface area contributed by atoms with Crippen LogP contribution in [0.1, 0.15) is 42.2 Å². The first-order valence-electron chi connectivity index (χ1n) is 11.7. The third-order valence-electron chi connectivity index (χ3n) is 6.66. The fraction of sp³-hybridized carbons (Fsp3) is 0.385. The van der Waals surface area contributed by atoms with E-state index in [1.54, 1.807) is 17.0 Å². The molecule has 2 saturated heterocycles. The summed E-state index contributed by atoms with van der Waals surface area (Å²) in [6, 6.07) is 14.2. The molecule has 1 aromatic heterocycles. The molecule has 0 N–H and O–H groups in total. The Balaban J connectivity index is 1.22. The van der Waals surface area contributed by atoms with Gasteiger partial charge in [0, 0.05) is 38.2 Å². The lowest BCUT2D eigenvalue weighted by atomic mass is 9.96. The number of carbonyl (C=O) groups is 2. The molecular weight excluding hydrogens is 435 g/mol. The summed E-state index contributed by atoms with van der Waals surface area (Å²) in [5.74, 6) is 0.0566. The van der Waals surface area contributed by atoms with E-state index in [9.17, 15) is 14.0 Å². The highest BCUT2D eigenvalue weighted by Gasteiger charge is 2.38. The van der Waals surface area contributed by atoms with Gasteiger partial charge in [-0.05, 0) is 37.5 Å². The lowest BCUT2D eigenvalue weighted by molar-refractivity contribution is -0.137. The third-order valence-corrected chi connectivity index (χ3v) is 6.66. The summed E-state index contributed by atoms with van der Waals surface area (Å²) < 4.78 is 19.0. The van der Waals surface area contributed by atoms with Crippen molar-refractivity contribution in [2.45, 2.75) is 38.6 Å². The lowest BCUT2D eigenvalue weighted by Crippen LogP contribution is -2.43. The summed E-state index contributed by atoms with van der Waals surface area (Å²) in [5, 5.41) is 4.01. The Morgan fingerprint density at radius 2 is 2.00 bits per heavy atom. The number of halogens is 1. The summed E-state index contributed by atoms with van der Waals surface area (Å²) in [7, 11) is 0. The number of piperidine rings is 1. The van der Waals surface area contributed by atoms with Crippen LogP contribution in [0.3, 0.4) is 0 Å². The van der Waals surface area contributed by atoms with E-state index in [1.165, 1.54) is 17.7 Å². The largest absolute Gasteiger partial charge is 0.342 e. The van der Waals surface area contributed by atoms with Gasteiger partial charge in [-0.25, -0.2) is 4.39 Å². The van der Waals surface area contributed by atoms with Crippen molar-refractivity contribution < 1.29 is 18.5 Å². The van der Waals surface area contributed by atoms with E-state index in [-0.39, 0.29) is 35.9 Å². The molecule has 3 heterocycles. The molecule has 176 valence electrons. The molecule has 0 bridgehead atoms. The molecule has 8 heteroatoms. The number of aryl methyl sites for hydroxylation is 1. The highest BCUT2D eigenvalue weighted by atomic mass is 19.1. The van der Waals surface area contributed by atoms with E-state index in [4.69, 9.17) is 4.52 Å². The van der Waals surface area contributed by atoms with Crippen LogP contribution in [0, 0.1) is 18.7 Å². The van der Waals surface area contributed by atoms with E-state index < -0.39 is 0 Å². The number of rotatable bonds is 5. The molecular formula is C26H27FN4O3. The maximum Gasteiger partial charge on any atom is 0.231 e. The standard InChI is InChI=1S/C26H27FN4O3/c1-17-7-9-18(10-8-17)14-31-16-21(13-23(31)32)26(33)30-11-3-5-20(15-30)25-28-24(29-34-25)19-4-2-6-22(27)12-19/h2,4,6-10,12,20-21H,3,5,11,13-16H2,1H3. The summed E-state index contributed by atoms with van der Waals surface area (Å²) in [4.78, 5) is 33.9. The van der Waals surface area contributed by atoms with Crippen LogP contribution in [0.4, 0.5) is 4.39 Å². The van der Waals surface area contributed by atoms with Crippen LogP contribution < -0.4 is 0 Å². The van der Waals surface area contributed by atoms with Gasteiger partial charge >= 0.3 is 0 Å². The maximum absolute atomic E-state index is 13.5. The van der Waals surface area contributed by atoms with Crippen LogP contribution >= 0.6 is 0 Å². The molecule has 7 nitrogen and oxygen atoms in total. The second-order valence-electron chi connectivity index (χ2n) is 9.25. The first-order chi connectivity index (χ1) is 16.5. The molecule has 3 aromatic rings. The van der Waals surface area contributed by atoms with Crippen LogP contribution in [0.25, 0.3) is 11.4 Å². The van der Waals surface area contributed by atoms with Crippen LogP contribution in [0.5, 0.6) is 0 Å². The average Bonchev–Trinajstić information content (AvgIpc) is 3.48. The van der Waals surface area contributed by atoms with Crippen molar-refractivity contribution in [3.63, 3.8) is 0 Å². The van der Waals surface area contributed by atoms with Gasteiger partial charge in [0.05, 0.1) is 11.8 Å². The Labute approximate surface area is 197 Å². The van der Waals surface area contributed by atoms with E-state index in [2.05, 4.69) is 10.1 Å². The molecule has 0 aliphatic carbocycles. The minimum absolute atomic E-state index is 0.00863. The quantitative estimate of drug-likeness (QED) is 0.574. The first-order valence-corrected chi connectivity index (χ1v) is 11.7. The first kappa shape index (κ1) is 22.3. The molecule has 2 aromatic carbocycles. The minimum atomic E-state index is -0.360. The molecule has 2 fully saturated rings. The Morgan fingerprint density at radius 1 is 1.18 bits per heavy atom. The number of carbonyl (C=O) groups excluding carboxylic acids is 2. The Hall–Kier alpha value is -3.55. The number of hydrogen-bond acceptors (Lipinski definition) is 5. The van der Waals surface area contributed by atoms with Crippen LogP contribution in [0.15, 0.2) is 53.1 Å². The fourth-order valence-corrected chi connectivity index (χ4v) is 4.79. The third kappa shape index (κ3) is 4.71. The normalized spacial score (nSPS) is 20.7. The number of aromatic nitrogens is 2. The average molecular weight is 463 g/mol. The molecule has 2 unspecified atom stereocenters. The second-order valence-corrected chi connectivity index (χ2v) is 9.25. The molecule has 0 radical (unpaired) electrons. The van der Waals surface area contributed by atoms with Gasteiger partial charge in [0.2, 0.25) is 23.5 Å². The summed E-state index contributed by atoms with van der Waals surface area (Å²) >= 11 is 0. The zero-order valence-electron chi connectivity index (χ0n) is 19.1. The lowest BCUT2D eigenvalue weighted by Gasteiger charge is -2.32. The highest BCUT2D eigenvalue weighted by Crippen LogP contribution is 2.30. The predicted molar refractivity (Wildman–Crippen MR) is 123 cm³/mol. The molecule has 0 spiro atoms. The van der Waals surface area contributed by atoms with Crippen molar-refractivity contribution in [2.24, 2.45) is 5.92 Å². The highest BCUT2D eigenvalue weighted by molar-refractivity contribution is 5.89. The van der Waals surface area contributed by atoms with Crippen LogP contribution in [0.2, 0.25) is 0 Å². The SMILES string of the molecule is Cc1ccc(CN2CC(C(=O)N3CCCC(c4nc(-c5cccc(F)c5)no4)C3)CC2=O)cc1. The topological polar surface area (TPSA) is 79.5 Å². The number of hydrogen-bond donors (Lipinski definition) is 0. The van der Waals surface area contributed by atoms with E-state index in [1.807, 2.05) is 36.1 Å². The van der Waals surface area contributed by atoms with Gasteiger partial charge in [-0.2, -0.15) is 4.98 Å².